The van der Waals surface area contributed by atoms with Crippen LogP contribution in [0.15, 0.2) is 0 Å². The van der Waals surface area contributed by atoms with E-state index in [1.807, 2.05) is 0 Å². The maximum absolute atomic E-state index is 3.44. The van der Waals surface area contributed by atoms with Gasteiger partial charge in [0.1, 0.15) is 0 Å². The lowest BCUT2D eigenvalue weighted by Gasteiger charge is -1.93. The molecule has 0 aromatic heterocycles. The maximum atomic E-state index is 3.44. The van der Waals surface area contributed by atoms with E-state index >= 15 is 0 Å². The predicted molar refractivity (Wildman–Crippen MR) is 44.9 cm³/mol. The molecule has 0 amide bonds. The highest BCUT2D eigenvalue weighted by atomic mass is 79.9. The van der Waals surface area contributed by atoms with Crippen LogP contribution in [0, 0.1) is 11.8 Å². The predicted octanol–water partition coefficient (Wildman–Crippen LogP) is 3.21. The zero-order valence-electron chi connectivity index (χ0n) is 6.07. The molecule has 0 aromatic carbocycles. The highest BCUT2D eigenvalue weighted by Gasteiger charge is 2.31. The molecule has 9 heavy (non-hydrogen) atoms. The Balaban J connectivity index is 1.83. The van der Waals surface area contributed by atoms with Crippen molar-refractivity contribution in [3.8, 4) is 0 Å². The SMILES string of the molecule is C[C@@H]1C[C@H]1CCCCBr. The zero-order chi connectivity index (χ0) is 6.69. The van der Waals surface area contributed by atoms with E-state index < -0.39 is 0 Å². The third-order valence-corrected chi connectivity index (χ3v) is 2.80. The highest BCUT2D eigenvalue weighted by molar-refractivity contribution is 9.09. The Morgan fingerprint density at radius 1 is 1.44 bits per heavy atom. The minimum atomic E-state index is 1.06. The van der Waals surface area contributed by atoms with Crippen molar-refractivity contribution < 1.29 is 0 Å². The molecule has 0 saturated heterocycles. The van der Waals surface area contributed by atoms with Gasteiger partial charge in [-0.05, 0) is 24.7 Å². The molecule has 1 aliphatic rings. The van der Waals surface area contributed by atoms with E-state index in [2.05, 4.69) is 22.9 Å². The Bertz CT molecular complexity index is 80.6. The molecule has 1 fully saturated rings. The maximum Gasteiger partial charge on any atom is 0.00313 e. The molecule has 0 bridgehead atoms. The van der Waals surface area contributed by atoms with Gasteiger partial charge in [0.15, 0.2) is 0 Å². The molecule has 2 atom stereocenters. The Hall–Kier alpha value is 0.480. The van der Waals surface area contributed by atoms with E-state index in [9.17, 15) is 0 Å². The van der Waals surface area contributed by atoms with E-state index in [0.29, 0.717) is 0 Å². The van der Waals surface area contributed by atoms with Crippen molar-refractivity contribution in [2.75, 3.05) is 5.33 Å². The fourth-order valence-electron chi connectivity index (χ4n) is 1.30. The molecule has 1 aliphatic carbocycles. The monoisotopic (exact) mass is 190 g/mol. The Morgan fingerprint density at radius 3 is 2.56 bits per heavy atom. The molecule has 1 rings (SSSR count). The van der Waals surface area contributed by atoms with Crippen molar-refractivity contribution in [1.82, 2.24) is 0 Å². The Morgan fingerprint density at radius 2 is 2.11 bits per heavy atom. The van der Waals surface area contributed by atoms with Gasteiger partial charge in [-0.25, -0.2) is 0 Å². The van der Waals surface area contributed by atoms with Crippen LogP contribution in [-0.4, -0.2) is 5.33 Å². The van der Waals surface area contributed by atoms with Gasteiger partial charge in [-0.15, -0.1) is 0 Å². The van der Waals surface area contributed by atoms with E-state index in [1.54, 1.807) is 0 Å². The minimum absolute atomic E-state index is 1.06. The zero-order valence-corrected chi connectivity index (χ0v) is 7.65. The smallest absolute Gasteiger partial charge is 0.00313 e. The van der Waals surface area contributed by atoms with Crippen LogP contribution in [0.1, 0.15) is 32.6 Å². The van der Waals surface area contributed by atoms with E-state index in [-0.39, 0.29) is 0 Å². The molecule has 0 spiro atoms. The van der Waals surface area contributed by atoms with Gasteiger partial charge in [0.25, 0.3) is 0 Å². The van der Waals surface area contributed by atoms with Gasteiger partial charge < -0.3 is 0 Å². The fourth-order valence-corrected chi connectivity index (χ4v) is 1.70. The van der Waals surface area contributed by atoms with Crippen molar-refractivity contribution in [2.24, 2.45) is 11.8 Å². The molecule has 0 N–H and O–H groups in total. The number of alkyl halides is 1. The molecular weight excluding hydrogens is 176 g/mol. The molecule has 0 unspecified atom stereocenters. The standard InChI is InChI=1S/C8H15Br/c1-7-6-8(7)4-2-3-5-9/h7-8H,2-6H2,1H3/t7-,8-/m1/s1. The van der Waals surface area contributed by atoms with Crippen molar-refractivity contribution in [3.63, 3.8) is 0 Å². The molecule has 0 aromatic rings. The van der Waals surface area contributed by atoms with Crippen LogP contribution in [0.4, 0.5) is 0 Å². The van der Waals surface area contributed by atoms with Crippen molar-refractivity contribution >= 4 is 15.9 Å². The topological polar surface area (TPSA) is 0 Å². The van der Waals surface area contributed by atoms with Crippen molar-refractivity contribution in [1.29, 1.82) is 0 Å². The van der Waals surface area contributed by atoms with Gasteiger partial charge in [-0.1, -0.05) is 35.7 Å². The molecule has 1 saturated carbocycles. The number of hydrogen-bond donors (Lipinski definition) is 0. The summed E-state index contributed by atoms with van der Waals surface area (Å²) in [6.07, 6.45) is 5.78. The third kappa shape index (κ3) is 2.70. The van der Waals surface area contributed by atoms with Crippen molar-refractivity contribution in [3.05, 3.63) is 0 Å². The summed E-state index contributed by atoms with van der Waals surface area (Å²) in [5.74, 6) is 2.16. The average Bonchev–Trinajstić information content (AvgIpc) is 2.48. The molecule has 54 valence electrons. The van der Waals surface area contributed by atoms with Gasteiger partial charge in [0.2, 0.25) is 0 Å². The normalized spacial score (nSPS) is 32.7. The van der Waals surface area contributed by atoms with Gasteiger partial charge >= 0.3 is 0 Å². The summed E-state index contributed by atoms with van der Waals surface area (Å²) in [7, 11) is 0. The first-order valence-electron chi connectivity index (χ1n) is 3.90. The van der Waals surface area contributed by atoms with Crippen LogP contribution in [0.5, 0.6) is 0 Å². The summed E-state index contributed by atoms with van der Waals surface area (Å²) >= 11 is 3.44. The minimum Gasteiger partial charge on any atom is -0.0928 e. The largest absolute Gasteiger partial charge is 0.0928 e. The van der Waals surface area contributed by atoms with Crippen LogP contribution >= 0.6 is 15.9 Å². The van der Waals surface area contributed by atoms with E-state index in [0.717, 1.165) is 11.8 Å². The highest BCUT2D eigenvalue weighted by Crippen LogP contribution is 2.41. The van der Waals surface area contributed by atoms with Gasteiger partial charge in [0.05, 0.1) is 0 Å². The second-order valence-electron chi connectivity index (χ2n) is 3.16. The quantitative estimate of drug-likeness (QED) is 0.472. The van der Waals surface area contributed by atoms with Crippen LogP contribution in [0.2, 0.25) is 0 Å². The average molecular weight is 191 g/mol. The van der Waals surface area contributed by atoms with Crippen molar-refractivity contribution in [2.45, 2.75) is 32.6 Å². The molecule has 0 aliphatic heterocycles. The molecule has 0 radical (unpaired) electrons. The number of unbranched alkanes of at least 4 members (excludes halogenated alkanes) is 1. The first kappa shape index (κ1) is 7.59. The lowest BCUT2D eigenvalue weighted by Crippen LogP contribution is -1.80. The molecule has 0 heterocycles. The Labute approximate surface area is 66.2 Å². The summed E-state index contributed by atoms with van der Waals surface area (Å²) in [6, 6.07) is 0. The fraction of sp³-hybridized carbons (Fsp3) is 1.00. The molecule has 0 nitrogen and oxygen atoms in total. The van der Waals surface area contributed by atoms with Gasteiger partial charge in [0, 0.05) is 5.33 Å². The lowest BCUT2D eigenvalue weighted by molar-refractivity contribution is 0.624. The summed E-state index contributed by atoms with van der Waals surface area (Å²) in [6.45, 7) is 2.36. The summed E-state index contributed by atoms with van der Waals surface area (Å²) in [5.41, 5.74) is 0. The van der Waals surface area contributed by atoms with Crippen LogP contribution in [-0.2, 0) is 0 Å². The number of hydrogen-bond acceptors (Lipinski definition) is 0. The summed E-state index contributed by atoms with van der Waals surface area (Å²) < 4.78 is 0. The second kappa shape index (κ2) is 3.60. The van der Waals surface area contributed by atoms with Gasteiger partial charge in [-0.3, -0.25) is 0 Å². The first-order chi connectivity index (χ1) is 4.34. The second-order valence-corrected chi connectivity index (χ2v) is 3.95. The molecular formula is C8H15Br. The van der Waals surface area contributed by atoms with E-state index in [4.69, 9.17) is 0 Å². The number of halogens is 1. The summed E-state index contributed by atoms with van der Waals surface area (Å²) in [5, 5.41) is 1.19. The van der Waals surface area contributed by atoms with Crippen LogP contribution in [0.3, 0.4) is 0 Å². The number of rotatable bonds is 4. The van der Waals surface area contributed by atoms with Crippen LogP contribution < -0.4 is 0 Å². The van der Waals surface area contributed by atoms with E-state index in [1.165, 1.54) is 31.0 Å². The first-order valence-corrected chi connectivity index (χ1v) is 5.02. The lowest BCUT2D eigenvalue weighted by atomic mass is 10.2. The Kier molecular flexibility index (Phi) is 3.03. The van der Waals surface area contributed by atoms with Crippen LogP contribution in [0.25, 0.3) is 0 Å². The molecule has 1 heteroatoms. The van der Waals surface area contributed by atoms with Gasteiger partial charge in [-0.2, -0.15) is 0 Å². The third-order valence-electron chi connectivity index (χ3n) is 2.23. The summed E-state index contributed by atoms with van der Waals surface area (Å²) in [4.78, 5) is 0.